The van der Waals surface area contributed by atoms with Gasteiger partial charge >= 0.3 is 6.18 Å². The van der Waals surface area contributed by atoms with Crippen molar-refractivity contribution in [2.75, 3.05) is 26.2 Å². The minimum absolute atomic E-state index is 0. The number of benzene rings is 1. The van der Waals surface area contributed by atoms with E-state index in [-0.39, 0.29) is 30.2 Å². The van der Waals surface area contributed by atoms with E-state index in [1.54, 1.807) is 6.07 Å². The first-order valence-electron chi connectivity index (χ1n) is 7.13. The molecule has 122 valence electrons. The molecule has 2 unspecified atom stereocenters. The van der Waals surface area contributed by atoms with E-state index >= 15 is 0 Å². The SMILES string of the molecule is Cl.O=C(C1CC1c1cccc(C(F)(F)F)c1)N1CCNCC1. The van der Waals surface area contributed by atoms with Crippen molar-refractivity contribution in [1.29, 1.82) is 0 Å². The molecule has 0 radical (unpaired) electrons. The predicted octanol–water partition coefficient (Wildman–Crippen LogP) is 2.66. The lowest BCUT2D eigenvalue weighted by Gasteiger charge is -2.27. The molecule has 1 amide bonds. The number of piperazine rings is 1. The highest BCUT2D eigenvalue weighted by Crippen LogP contribution is 2.49. The zero-order valence-electron chi connectivity index (χ0n) is 11.9. The van der Waals surface area contributed by atoms with Crippen LogP contribution in [0.15, 0.2) is 24.3 Å². The highest BCUT2D eigenvalue weighted by Gasteiger charge is 2.46. The molecule has 0 spiro atoms. The largest absolute Gasteiger partial charge is 0.416 e. The van der Waals surface area contributed by atoms with Crippen LogP contribution in [0, 0.1) is 5.92 Å². The Labute approximate surface area is 133 Å². The maximum Gasteiger partial charge on any atom is 0.416 e. The van der Waals surface area contributed by atoms with Gasteiger partial charge in [-0.1, -0.05) is 18.2 Å². The summed E-state index contributed by atoms with van der Waals surface area (Å²) in [6.07, 6.45) is -3.67. The third-order valence-electron chi connectivity index (χ3n) is 4.18. The molecule has 3 rings (SSSR count). The van der Waals surface area contributed by atoms with Crippen molar-refractivity contribution in [3.05, 3.63) is 35.4 Å². The average molecular weight is 335 g/mol. The van der Waals surface area contributed by atoms with E-state index in [1.165, 1.54) is 12.1 Å². The number of hydrogen-bond acceptors (Lipinski definition) is 2. The fourth-order valence-electron chi connectivity index (χ4n) is 2.90. The minimum Gasteiger partial charge on any atom is -0.340 e. The highest BCUT2D eigenvalue weighted by atomic mass is 35.5. The van der Waals surface area contributed by atoms with Crippen LogP contribution >= 0.6 is 12.4 Å². The number of alkyl halides is 3. The second-order valence-electron chi connectivity index (χ2n) is 5.65. The molecule has 22 heavy (non-hydrogen) atoms. The first kappa shape index (κ1) is 17.1. The van der Waals surface area contributed by atoms with Crippen molar-refractivity contribution in [3.8, 4) is 0 Å². The van der Waals surface area contributed by atoms with E-state index in [1.807, 2.05) is 4.90 Å². The fraction of sp³-hybridized carbons (Fsp3) is 0.533. The minimum atomic E-state index is -4.33. The first-order chi connectivity index (χ1) is 9.97. The number of rotatable bonds is 2. The maximum absolute atomic E-state index is 12.7. The molecule has 1 aromatic rings. The molecule has 1 saturated heterocycles. The van der Waals surface area contributed by atoms with Gasteiger partial charge in [-0.3, -0.25) is 4.79 Å². The van der Waals surface area contributed by atoms with E-state index < -0.39 is 11.7 Å². The number of carbonyl (C=O) groups is 1. The van der Waals surface area contributed by atoms with Crippen LogP contribution in [0.5, 0.6) is 0 Å². The second kappa shape index (κ2) is 6.46. The zero-order chi connectivity index (χ0) is 15.0. The Hall–Kier alpha value is -1.27. The number of nitrogens with one attached hydrogen (secondary N) is 1. The number of hydrogen-bond donors (Lipinski definition) is 1. The quantitative estimate of drug-likeness (QED) is 0.902. The lowest BCUT2D eigenvalue weighted by molar-refractivity contribution is -0.137. The molecule has 0 bridgehead atoms. The summed E-state index contributed by atoms with van der Waals surface area (Å²) < 4.78 is 38.1. The molecule has 2 fully saturated rings. The van der Waals surface area contributed by atoms with Crippen molar-refractivity contribution < 1.29 is 18.0 Å². The smallest absolute Gasteiger partial charge is 0.340 e. The van der Waals surface area contributed by atoms with E-state index in [4.69, 9.17) is 0 Å². The number of nitrogens with zero attached hydrogens (tertiary/aromatic N) is 1. The molecule has 1 N–H and O–H groups in total. The van der Waals surface area contributed by atoms with Gasteiger partial charge in [-0.2, -0.15) is 13.2 Å². The normalized spacial score (nSPS) is 24.6. The Morgan fingerprint density at radius 1 is 1.23 bits per heavy atom. The van der Waals surface area contributed by atoms with E-state index in [0.29, 0.717) is 25.1 Å². The van der Waals surface area contributed by atoms with Gasteiger partial charge in [0.1, 0.15) is 0 Å². The fourth-order valence-corrected chi connectivity index (χ4v) is 2.90. The Bertz CT molecular complexity index is 544. The van der Waals surface area contributed by atoms with Gasteiger partial charge in [0.15, 0.2) is 0 Å². The van der Waals surface area contributed by atoms with Gasteiger partial charge in [0.05, 0.1) is 5.56 Å². The topological polar surface area (TPSA) is 32.3 Å². The predicted molar refractivity (Wildman–Crippen MR) is 79.0 cm³/mol. The van der Waals surface area contributed by atoms with Crippen LogP contribution in [-0.4, -0.2) is 37.0 Å². The summed E-state index contributed by atoms with van der Waals surface area (Å²) >= 11 is 0. The summed E-state index contributed by atoms with van der Waals surface area (Å²) in [6.45, 7) is 2.94. The van der Waals surface area contributed by atoms with E-state index in [2.05, 4.69) is 5.32 Å². The molecule has 2 atom stereocenters. The number of carbonyl (C=O) groups excluding carboxylic acids is 1. The Balaban J connectivity index is 0.00000176. The second-order valence-corrected chi connectivity index (χ2v) is 5.65. The molecule has 1 saturated carbocycles. The van der Waals surface area contributed by atoms with Crippen molar-refractivity contribution in [1.82, 2.24) is 10.2 Å². The summed E-state index contributed by atoms with van der Waals surface area (Å²) in [6, 6.07) is 5.35. The monoisotopic (exact) mass is 334 g/mol. The van der Waals surface area contributed by atoms with Gasteiger partial charge in [-0.25, -0.2) is 0 Å². The molecular weight excluding hydrogens is 317 g/mol. The molecule has 1 aliphatic heterocycles. The Kier molecular flexibility index (Phi) is 5.02. The van der Waals surface area contributed by atoms with Crippen LogP contribution in [0.4, 0.5) is 13.2 Å². The number of halogens is 4. The molecule has 2 aliphatic rings. The zero-order valence-corrected chi connectivity index (χ0v) is 12.7. The van der Waals surface area contributed by atoms with E-state index in [9.17, 15) is 18.0 Å². The average Bonchev–Trinajstić information content (AvgIpc) is 3.27. The lowest BCUT2D eigenvalue weighted by Crippen LogP contribution is -2.47. The molecular formula is C15H18ClF3N2O. The van der Waals surface area contributed by atoms with Crippen LogP contribution in [0.3, 0.4) is 0 Å². The molecule has 1 aromatic carbocycles. The van der Waals surface area contributed by atoms with Gasteiger partial charge in [0, 0.05) is 32.1 Å². The molecule has 1 heterocycles. The lowest BCUT2D eigenvalue weighted by atomic mass is 10.0. The highest BCUT2D eigenvalue weighted by molar-refractivity contribution is 5.85. The van der Waals surface area contributed by atoms with Gasteiger partial charge < -0.3 is 10.2 Å². The van der Waals surface area contributed by atoms with Crippen molar-refractivity contribution in [2.24, 2.45) is 5.92 Å². The van der Waals surface area contributed by atoms with Crippen LogP contribution in [-0.2, 0) is 11.0 Å². The third kappa shape index (κ3) is 3.55. The Morgan fingerprint density at radius 3 is 2.55 bits per heavy atom. The van der Waals surface area contributed by atoms with Crippen molar-refractivity contribution >= 4 is 18.3 Å². The van der Waals surface area contributed by atoms with Crippen molar-refractivity contribution in [3.63, 3.8) is 0 Å². The first-order valence-corrected chi connectivity index (χ1v) is 7.13. The van der Waals surface area contributed by atoms with Gasteiger partial charge in [-0.15, -0.1) is 12.4 Å². The van der Waals surface area contributed by atoms with Gasteiger partial charge in [0.25, 0.3) is 0 Å². The van der Waals surface area contributed by atoms with Crippen LogP contribution < -0.4 is 5.32 Å². The molecule has 1 aliphatic carbocycles. The summed E-state index contributed by atoms with van der Waals surface area (Å²) in [5, 5.41) is 3.18. The van der Waals surface area contributed by atoms with Crippen LogP contribution in [0.1, 0.15) is 23.5 Å². The summed E-state index contributed by atoms with van der Waals surface area (Å²) in [7, 11) is 0. The van der Waals surface area contributed by atoms with Gasteiger partial charge in [-0.05, 0) is 24.0 Å². The van der Waals surface area contributed by atoms with E-state index in [0.717, 1.165) is 19.2 Å². The third-order valence-corrected chi connectivity index (χ3v) is 4.18. The maximum atomic E-state index is 12.7. The van der Waals surface area contributed by atoms with Crippen molar-refractivity contribution in [2.45, 2.75) is 18.5 Å². The van der Waals surface area contributed by atoms with Crippen LogP contribution in [0.2, 0.25) is 0 Å². The standard InChI is InChI=1S/C15H17F3N2O.ClH/c16-15(17,18)11-3-1-2-10(8-11)12-9-13(12)14(21)20-6-4-19-5-7-20;/h1-3,8,12-13,19H,4-7,9H2;1H. The summed E-state index contributed by atoms with van der Waals surface area (Å²) in [4.78, 5) is 14.1. The number of amides is 1. The van der Waals surface area contributed by atoms with Gasteiger partial charge in [0.2, 0.25) is 5.91 Å². The Morgan fingerprint density at radius 2 is 1.91 bits per heavy atom. The van der Waals surface area contributed by atoms with Crippen LogP contribution in [0.25, 0.3) is 0 Å². The molecule has 7 heteroatoms. The summed E-state index contributed by atoms with van der Waals surface area (Å²) in [5.74, 6) is -0.125. The molecule has 3 nitrogen and oxygen atoms in total. The molecule has 0 aromatic heterocycles. The summed E-state index contributed by atoms with van der Waals surface area (Å²) in [5.41, 5.74) is -0.0152.